The lowest BCUT2D eigenvalue weighted by atomic mass is 10.0. The number of fused-ring (bicyclic) bond motifs is 1. The largest absolute Gasteiger partial charge is 0.486 e. The molecule has 0 bridgehead atoms. The summed E-state index contributed by atoms with van der Waals surface area (Å²) in [7, 11) is 0. The van der Waals surface area contributed by atoms with Crippen LogP contribution >= 0.6 is 15.9 Å². The fourth-order valence-corrected chi connectivity index (χ4v) is 2.12. The van der Waals surface area contributed by atoms with Crippen molar-refractivity contribution in [3.05, 3.63) is 21.7 Å². The van der Waals surface area contributed by atoms with E-state index in [4.69, 9.17) is 14.6 Å². The SMILES string of the molecule is Cc1c(Br)cc2c(c1CC(=O)O)OCCO2. The molecule has 0 aliphatic carbocycles. The number of aliphatic carboxylic acids is 1. The number of hydrogen-bond donors (Lipinski definition) is 1. The minimum atomic E-state index is -0.877. The van der Waals surface area contributed by atoms with Gasteiger partial charge in [0.2, 0.25) is 0 Å². The molecule has 0 fully saturated rings. The van der Waals surface area contributed by atoms with Crippen LogP contribution < -0.4 is 9.47 Å². The molecule has 0 unspecified atom stereocenters. The first-order valence-corrected chi connectivity index (χ1v) is 5.68. The Morgan fingerprint density at radius 3 is 2.88 bits per heavy atom. The Hall–Kier alpha value is -1.23. The molecular weight excluding hydrogens is 276 g/mol. The molecule has 86 valence electrons. The van der Waals surface area contributed by atoms with Crippen LogP contribution in [0.15, 0.2) is 10.5 Å². The number of rotatable bonds is 2. The van der Waals surface area contributed by atoms with E-state index in [1.807, 2.05) is 13.0 Å². The summed E-state index contributed by atoms with van der Waals surface area (Å²) in [5.41, 5.74) is 1.56. The van der Waals surface area contributed by atoms with Crippen molar-refractivity contribution in [3.8, 4) is 11.5 Å². The number of carbonyl (C=O) groups is 1. The molecule has 5 heteroatoms. The summed E-state index contributed by atoms with van der Waals surface area (Å²) in [6.07, 6.45) is -0.0586. The lowest BCUT2D eigenvalue weighted by molar-refractivity contribution is -0.136. The monoisotopic (exact) mass is 286 g/mol. The normalized spacial score (nSPS) is 13.6. The van der Waals surface area contributed by atoms with Crippen LogP contribution in [0.2, 0.25) is 0 Å². The van der Waals surface area contributed by atoms with Gasteiger partial charge in [0.15, 0.2) is 11.5 Å². The number of benzene rings is 1. The highest BCUT2D eigenvalue weighted by Crippen LogP contribution is 2.40. The molecule has 1 N–H and O–H groups in total. The van der Waals surface area contributed by atoms with Gasteiger partial charge in [0.05, 0.1) is 6.42 Å². The Morgan fingerprint density at radius 2 is 2.19 bits per heavy atom. The first-order chi connectivity index (χ1) is 7.59. The van der Waals surface area contributed by atoms with Crippen LogP contribution in [0.1, 0.15) is 11.1 Å². The third kappa shape index (κ3) is 2.00. The molecule has 0 radical (unpaired) electrons. The molecule has 1 aromatic rings. The second-order valence-electron chi connectivity index (χ2n) is 3.56. The topological polar surface area (TPSA) is 55.8 Å². The van der Waals surface area contributed by atoms with Gasteiger partial charge in [0, 0.05) is 10.0 Å². The molecule has 0 aromatic heterocycles. The molecule has 2 rings (SSSR count). The van der Waals surface area contributed by atoms with Gasteiger partial charge in [-0.25, -0.2) is 0 Å². The summed E-state index contributed by atoms with van der Waals surface area (Å²) < 4.78 is 11.8. The summed E-state index contributed by atoms with van der Waals surface area (Å²) >= 11 is 3.39. The van der Waals surface area contributed by atoms with Gasteiger partial charge in [0.1, 0.15) is 13.2 Å². The van der Waals surface area contributed by atoms with E-state index >= 15 is 0 Å². The maximum atomic E-state index is 10.8. The molecule has 0 spiro atoms. The highest BCUT2D eigenvalue weighted by molar-refractivity contribution is 9.10. The van der Waals surface area contributed by atoms with Gasteiger partial charge in [-0.3, -0.25) is 4.79 Å². The van der Waals surface area contributed by atoms with E-state index in [9.17, 15) is 4.79 Å². The van der Waals surface area contributed by atoms with Crippen molar-refractivity contribution in [2.45, 2.75) is 13.3 Å². The van der Waals surface area contributed by atoms with Gasteiger partial charge in [-0.15, -0.1) is 0 Å². The molecule has 0 saturated carbocycles. The van der Waals surface area contributed by atoms with Crippen LogP contribution in [0, 0.1) is 6.92 Å². The predicted octanol–water partition coefficient (Wildman–Crippen LogP) is 2.16. The smallest absolute Gasteiger partial charge is 0.307 e. The van der Waals surface area contributed by atoms with Crippen LogP contribution in [0.4, 0.5) is 0 Å². The van der Waals surface area contributed by atoms with E-state index in [0.29, 0.717) is 30.3 Å². The summed E-state index contributed by atoms with van der Waals surface area (Å²) in [6.45, 7) is 2.82. The lowest BCUT2D eigenvalue weighted by Gasteiger charge is -2.22. The molecule has 1 aliphatic heterocycles. The van der Waals surface area contributed by atoms with Crippen molar-refractivity contribution < 1.29 is 19.4 Å². The zero-order valence-corrected chi connectivity index (χ0v) is 10.3. The van der Waals surface area contributed by atoms with Gasteiger partial charge in [0.25, 0.3) is 0 Å². The number of hydrogen-bond acceptors (Lipinski definition) is 3. The Balaban J connectivity index is 2.54. The summed E-state index contributed by atoms with van der Waals surface area (Å²) in [5, 5.41) is 8.87. The second kappa shape index (κ2) is 4.33. The number of carboxylic acids is 1. The van der Waals surface area contributed by atoms with Crippen molar-refractivity contribution in [1.29, 1.82) is 0 Å². The average molecular weight is 287 g/mol. The van der Waals surface area contributed by atoms with Gasteiger partial charge in [-0.05, 0) is 18.6 Å². The van der Waals surface area contributed by atoms with Crippen LogP contribution in [-0.2, 0) is 11.2 Å². The van der Waals surface area contributed by atoms with E-state index in [1.54, 1.807) is 0 Å². The van der Waals surface area contributed by atoms with Crippen LogP contribution in [-0.4, -0.2) is 24.3 Å². The third-order valence-electron chi connectivity index (χ3n) is 2.48. The summed E-state index contributed by atoms with van der Waals surface area (Å²) in [4.78, 5) is 10.8. The highest BCUT2D eigenvalue weighted by Gasteiger charge is 2.21. The first kappa shape index (κ1) is 11.3. The van der Waals surface area contributed by atoms with Crippen LogP contribution in [0.25, 0.3) is 0 Å². The zero-order valence-electron chi connectivity index (χ0n) is 8.75. The molecule has 16 heavy (non-hydrogen) atoms. The van der Waals surface area contributed by atoms with Gasteiger partial charge in [-0.1, -0.05) is 15.9 Å². The Bertz CT molecular complexity index is 442. The minimum absolute atomic E-state index is 0.0586. The van der Waals surface area contributed by atoms with Crippen LogP contribution in [0.3, 0.4) is 0 Å². The first-order valence-electron chi connectivity index (χ1n) is 4.89. The molecule has 4 nitrogen and oxygen atoms in total. The molecular formula is C11H11BrO4. The van der Waals surface area contributed by atoms with E-state index < -0.39 is 5.97 Å². The Morgan fingerprint density at radius 1 is 1.50 bits per heavy atom. The van der Waals surface area contributed by atoms with Crippen molar-refractivity contribution in [2.75, 3.05) is 13.2 Å². The fourth-order valence-electron chi connectivity index (χ4n) is 1.68. The number of carboxylic acid groups (broad SMARTS) is 1. The molecule has 0 amide bonds. The van der Waals surface area contributed by atoms with Crippen LogP contribution in [0.5, 0.6) is 11.5 Å². The van der Waals surface area contributed by atoms with Crippen molar-refractivity contribution >= 4 is 21.9 Å². The predicted molar refractivity (Wildman–Crippen MR) is 61.2 cm³/mol. The number of ether oxygens (including phenoxy) is 2. The number of halogens is 1. The zero-order chi connectivity index (χ0) is 11.7. The van der Waals surface area contributed by atoms with Gasteiger partial charge >= 0.3 is 5.97 Å². The van der Waals surface area contributed by atoms with E-state index in [1.165, 1.54) is 0 Å². The molecule has 1 aromatic carbocycles. The fraction of sp³-hybridized carbons (Fsp3) is 0.364. The molecule has 1 heterocycles. The maximum Gasteiger partial charge on any atom is 0.307 e. The molecule has 0 atom stereocenters. The van der Waals surface area contributed by atoms with Crippen molar-refractivity contribution in [3.63, 3.8) is 0 Å². The lowest BCUT2D eigenvalue weighted by Crippen LogP contribution is -2.18. The average Bonchev–Trinajstić information content (AvgIpc) is 2.24. The van der Waals surface area contributed by atoms with E-state index in [2.05, 4.69) is 15.9 Å². The van der Waals surface area contributed by atoms with Gasteiger partial charge in [-0.2, -0.15) is 0 Å². The minimum Gasteiger partial charge on any atom is -0.486 e. The van der Waals surface area contributed by atoms with Crippen molar-refractivity contribution in [2.24, 2.45) is 0 Å². The highest BCUT2D eigenvalue weighted by atomic mass is 79.9. The summed E-state index contributed by atoms with van der Waals surface area (Å²) in [5.74, 6) is 0.298. The summed E-state index contributed by atoms with van der Waals surface area (Å²) in [6, 6.07) is 1.81. The standard InChI is InChI=1S/C11H11BrO4/c1-6-7(4-10(13)14)11-9(5-8(6)12)15-2-3-16-11/h5H,2-4H2,1H3,(H,13,14). The molecule has 1 aliphatic rings. The quantitative estimate of drug-likeness (QED) is 0.905. The second-order valence-corrected chi connectivity index (χ2v) is 4.41. The van der Waals surface area contributed by atoms with E-state index in [-0.39, 0.29) is 6.42 Å². The van der Waals surface area contributed by atoms with Crippen molar-refractivity contribution in [1.82, 2.24) is 0 Å². The van der Waals surface area contributed by atoms with Gasteiger partial charge < -0.3 is 14.6 Å². The third-order valence-corrected chi connectivity index (χ3v) is 3.31. The Labute approximate surface area is 101 Å². The Kier molecular flexibility index (Phi) is 3.05. The van der Waals surface area contributed by atoms with E-state index in [0.717, 1.165) is 10.0 Å². The molecule has 0 saturated heterocycles. The maximum absolute atomic E-state index is 10.8.